The summed E-state index contributed by atoms with van der Waals surface area (Å²) in [5, 5.41) is 0.299. The number of carbonyl (C=O) groups excluding carboxylic acids is 3. The Balaban J connectivity index is 1.39. The maximum atomic E-state index is 14.0. The number of morpholine rings is 1. The van der Waals surface area contributed by atoms with Crippen LogP contribution in [-0.2, 0) is 19.1 Å². The molecule has 3 atom stereocenters. The van der Waals surface area contributed by atoms with Crippen molar-refractivity contribution in [1.29, 1.82) is 0 Å². The summed E-state index contributed by atoms with van der Waals surface area (Å²) in [6.45, 7) is 1.76. The number of amides is 3. The average Bonchev–Trinajstić information content (AvgIpc) is 3.43. The summed E-state index contributed by atoms with van der Waals surface area (Å²) in [5.74, 6) is -1.92. The van der Waals surface area contributed by atoms with E-state index in [1.54, 1.807) is 41.3 Å². The molecule has 1 N–H and O–H groups in total. The van der Waals surface area contributed by atoms with Gasteiger partial charge in [-0.05, 0) is 42.5 Å². The van der Waals surface area contributed by atoms with Crippen LogP contribution in [0.25, 0.3) is 0 Å². The molecule has 3 aromatic rings. The number of ether oxygens (including phenoxy) is 2. The Morgan fingerprint density at radius 3 is 2.59 bits per heavy atom. The van der Waals surface area contributed by atoms with Gasteiger partial charge < -0.3 is 19.4 Å². The van der Waals surface area contributed by atoms with Crippen molar-refractivity contribution in [2.45, 2.75) is 16.2 Å². The summed E-state index contributed by atoms with van der Waals surface area (Å²) in [6, 6.07) is 11.9. The number of nitrogens with zero attached hydrogens (tertiary/aromatic N) is 2. The number of H-pyrrole nitrogens is 1. The van der Waals surface area contributed by atoms with Gasteiger partial charge in [0.25, 0.3) is 5.91 Å². The lowest BCUT2D eigenvalue weighted by atomic mass is 9.82. The molecule has 1 aromatic heterocycles. The normalized spacial score (nSPS) is 22.6. The largest absolute Gasteiger partial charge is 0.483 e. The summed E-state index contributed by atoms with van der Waals surface area (Å²) in [4.78, 5) is 58.9. The van der Waals surface area contributed by atoms with Crippen LogP contribution in [0.5, 0.6) is 5.75 Å². The summed E-state index contributed by atoms with van der Waals surface area (Å²) in [5.41, 5.74) is 1.05. The number of carbonyl (C=O) groups is 3. The van der Waals surface area contributed by atoms with E-state index in [2.05, 4.69) is 20.9 Å². The van der Waals surface area contributed by atoms with E-state index in [4.69, 9.17) is 21.1 Å². The molecule has 2 fully saturated rings. The lowest BCUT2D eigenvalue weighted by Gasteiger charge is -2.31. The highest BCUT2D eigenvalue weighted by molar-refractivity contribution is 9.10. The number of rotatable bonds is 5. The fourth-order valence-electron chi connectivity index (χ4n) is 5.13. The van der Waals surface area contributed by atoms with E-state index in [0.29, 0.717) is 58.2 Å². The number of aromatic nitrogens is 1. The maximum absolute atomic E-state index is 14.0. The zero-order valence-electron chi connectivity index (χ0n) is 20.2. The summed E-state index contributed by atoms with van der Waals surface area (Å²) < 4.78 is 12.1. The van der Waals surface area contributed by atoms with E-state index in [1.165, 1.54) is 16.7 Å². The number of halogens is 2. The van der Waals surface area contributed by atoms with Gasteiger partial charge in [-0.2, -0.15) is 0 Å². The number of thioether (sulfide) groups is 1. The quantitative estimate of drug-likeness (QED) is 0.418. The van der Waals surface area contributed by atoms with Crippen molar-refractivity contribution >= 4 is 74.0 Å². The Morgan fingerprint density at radius 2 is 1.85 bits per heavy atom. The van der Waals surface area contributed by atoms with Crippen LogP contribution in [0.3, 0.4) is 0 Å². The first-order valence-electron chi connectivity index (χ1n) is 12.1. The van der Waals surface area contributed by atoms with E-state index in [-0.39, 0.29) is 29.2 Å². The number of thiazole rings is 1. The second-order valence-electron chi connectivity index (χ2n) is 9.20. The van der Waals surface area contributed by atoms with Crippen molar-refractivity contribution < 1.29 is 23.9 Å². The third-order valence-corrected chi connectivity index (χ3v) is 10.1. The van der Waals surface area contributed by atoms with Crippen LogP contribution in [0.15, 0.2) is 56.8 Å². The number of aromatic amines is 1. The van der Waals surface area contributed by atoms with E-state index in [1.807, 2.05) is 6.07 Å². The van der Waals surface area contributed by atoms with Crippen LogP contribution in [0, 0.1) is 5.92 Å². The molecule has 3 aliphatic heterocycles. The zero-order valence-corrected chi connectivity index (χ0v) is 24.2. The van der Waals surface area contributed by atoms with Gasteiger partial charge in [0.1, 0.15) is 11.0 Å². The van der Waals surface area contributed by atoms with Gasteiger partial charge in [-0.15, -0.1) is 0 Å². The highest BCUT2D eigenvalue weighted by Gasteiger charge is 2.56. The smallest absolute Gasteiger partial charge is 0.305 e. The molecule has 0 spiro atoms. The van der Waals surface area contributed by atoms with Gasteiger partial charge in [-0.3, -0.25) is 19.2 Å². The van der Waals surface area contributed by atoms with Crippen LogP contribution >= 0.6 is 50.6 Å². The molecule has 3 amide bonds. The predicted molar refractivity (Wildman–Crippen MR) is 151 cm³/mol. The minimum absolute atomic E-state index is 0.169. The zero-order chi connectivity index (χ0) is 27.3. The van der Waals surface area contributed by atoms with E-state index >= 15 is 0 Å². The van der Waals surface area contributed by atoms with E-state index in [9.17, 15) is 19.2 Å². The number of hydrogen-bond donors (Lipinski definition) is 1. The van der Waals surface area contributed by atoms with Gasteiger partial charge in [0.2, 0.25) is 11.8 Å². The van der Waals surface area contributed by atoms with Crippen molar-refractivity contribution in [2.75, 3.05) is 37.8 Å². The fourth-order valence-corrected chi connectivity index (χ4v) is 8.14. The predicted octanol–water partition coefficient (Wildman–Crippen LogP) is 3.89. The van der Waals surface area contributed by atoms with Crippen LogP contribution in [-0.4, -0.2) is 65.8 Å². The first-order valence-corrected chi connectivity index (χ1v) is 15.0. The van der Waals surface area contributed by atoms with Gasteiger partial charge in [0.05, 0.1) is 29.8 Å². The van der Waals surface area contributed by atoms with Crippen molar-refractivity contribution in [2.24, 2.45) is 5.92 Å². The van der Waals surface area contributed by atoms with Gasteiger partial charge in [0, 0.05) is 38.9 Å². The van der Waals surface area contributed by atoms with Crippen molar-refractivity contribution in [3.8, 4) is 5.75 Å². The van der Waals surface area contributed by atoms with Gasteiger partial charge in [-0.25, -0.2) is 4.90 Å². The Hall–Kier alpha value is -2.64. The Kier molecular flexibility index (Phi) is 7.32. The molecule has 0 aliphatic carbocycles. The third-order valence-electron chi connectivity index (χ3n) is 6.93. The molecule has 4 heterocycles. The third kappa shape index (κ3) is 4.93. The molecule has 0 bridgehead atoms. The number of hydrogen-bond acceptors (Lipinski definition) is 8. The number of anilines is 1. The second kappa shape index (κ2) is 10.7. The Labute approximate surface area is 244 Å². The Morgan fingerprint density at radius 1 is 1.10 bits per heavy atom. The first-order chi connectivity index (χ1) is 18.8. The molecule has 2 saturated heterocycles. The minimum atomic E-state index is -0.788. The molecule has 13 heteroatoms. The van der Waals surface area contributed by atoms with Crippen molar-refractivity contribution in [3.05, 3.63) is 72.1 Å². The SMILES string of the molecule is O=C(COc1ccc(Br)cc1[C@@H]1c2sc(=O)[nH]c2S[C@H]2C(=O)N(c3ccc(Cl)cc3)C(=O)[C@@H]12)N1CCOCC1. The highest BCUT2D eigenvalue weighted by Crippen LogP contribution is 2.54. The lowest BCUT2D eigenvalue weighted by molar-refractivity contribution is -0.137. The van der Waals surface area contributed by atoms with Crippen molar-refractivity contribution in [1.82, 2.24) is 9.88 Å². The number of fused-ring (bicyclic) bond motifs is 2. The van der Waals surface area contributed by atoms with Gasteiger partial charge in [0.15, 0.2) is 6.61 Å². The van der Waals surface area contributed by atoms with Gasteiger partial charge >= 0.3 is 4.87 Å². The Bertz CT molecular complexity index is 1520. The maximum Gasteiger partial charge on any atom is 0.305 e. The van der Waals surface area contributed by atoms with Crippen LogP contribution in [0.1, 0.15) is 16.4 Å². The van der Waals surface area contributed by atoms with E-state index < -0.39 is 17.1 Å². The molecule has 6 rings (SSSR count). The summed E-state index contributed by atoms with van der Waals surface area (Å²) in [6.07, 6.45) is 0. The first kappa shape index (κ1) is 26.6. The fraction of sp³-hybridized carbons (Fsp3) is 0.308. The van der Waals surface area contributed by atoms with Crippen LogP contribution in [0.2, 0.25) is 5.02 Å². The molecular formula is C26H21BrClN3O6S2. The molecule has 2 aromatic carbocycles. The van der Waals surface area contributed by atoms with E-state index in [0.717, 1.165) is 15.8 Å². The number of imide groups is 1. The summed E-state index contributed by atoms with van der Waals surface area (Å²) >= 11 is 11.8. The molecule has 202 valence electrons. The lowest BCUT2D eigenvalue weighted by Crippen LogP contribution is -2.43. The van der Waals surface area contributed by atoms with Crippen molar-refractivity contribution in [3.63, 3.8) is 0 Å². The molecule has 3 aliphatic rings. The molecule has 39 heavy (non-hydrogen) atoms. The monoisotopic (exact) mass is 649 g/mol. The average molecular weight is 651 g/mol. The topological polar surface area (TPSA) is 109 Å². The number of nitrogens with one attached hydrogen (secondary N) is 1. The second-order valence-corrected chi connectivity index (χ2v) is 12.7. The van der Waals surface area contributed by atoms with Crippen LogP contribution in [0.4, 0.5) is 5.69 Å². The molecule has 0 radical (unpaired) electrons. The number of benzene rings is 2. The summed E-state index contributed by atoms with van der Waals surface area (Å²) in [7, 11) is 0. The minimum Gasteiger partial charge on any atom is -0.483 e. The van der Waals surface area contributed by atoms with Gasteiger partial charge in [-0.1, -0.05) is 50.6 Å². The molecule has 9 nitrogen and oxygen atoms in total. The van der Waals surface area contributed by atoms with Crippen LogP contribution < -0.4 is 14.5 Å². The molecule has 0 unspecified atom stereocenters. The standard InChI is InChI=1S/C26H21BrClN3O6S2/c27-13-1-6-17(37-12-18(32)30-7-9-36-10-8-30)16(11-13)19-20-22(38-23-21(19)39-26(35)29-23)25(34)31(24(20)33)15-4-2-14(28)3-5-15/h1-6,11,19-20,22H,7-10,12H2,(H,29,35)/t19-,20-,22+/m0/s1. The molecule has 0 saturated carbocycles. The highest BCUT2D eigenvalue weighted by atomic mass is 79.9. The molecular weight excluding hydrogens is 630 g/mol.